The molecule has 1 nitrogen and oxygen atoms in total. The van der Waals surface area contributed by atoms with Crippen molar-refractivity contribution in [1.29, 1.82) is 0 Å². The highest BCUT2D eigenvalue weighted by Gasteiger charge is 2.12. The summed E-state index contributed by atoms with van der Waals surface area (Å²) in [5, 5.41) is 3.23. The van der Waals surface area contributed by atoms with Gasteiger partial charge in [0.05, 0.1) is 4.34 Å². The summed E-state index contributed by atoms with van der Waals surface area (Å²) in [5.74, 6) is -0.986. The van der Waals surface area contributed by atoms with Gasteiger partial charge in [0.1, 0.15) is 11.6 Å². The van der Waals surface area contributed by atoms with Crippen LogP contribution in [0.25, 0.3) is 0 Å². The van der Waals surface area contributed by atoms with Crippen molar-refractivity contribution in [3.8, 4) is 0 Å². The number of hydrogen-bond acceptors (Lipinski definition) is 2. The molecule has 0 fully saturated rings. The molecular formula is C14H14ClF2NS. The molecule has 5 heteroatoms. The molecule has 1 heterocycles. The molecule has 0 spiro atoms. The molecular weight excluding hydrogens is 288 g/mol. The van der Waals surface area contributed by atoms with E-state index in [1.54, 1.807) is 0 Å². The van der Waals surface area contributed by atoms with Crippen molar-refractivity contribution in [3.05, 3.63) is 56.7 Å². The highest BCUT2D eigenvalue weighted by Crippen LogP contribution is 2.21. The standard InChI is InChI=1S/C14H14ClF2NS/c1-9(18-8-10-5-6-14(15)19-10)7-11-12(16)3-2-4-13(11)17/h2-6,9,18H,7-8H2,1H3. The van der Waals surface area contributed by atoms with Crippen LogP contribution in [0, 0.1) is 11.6 Å². The molecule has 19 heavy (non-hydrogen) atoms. The zero-order valence-electron chi connectivity index (χ0n) is 10.4. The lowest BCUT2D eigenvalue weighted by molar-refractivity contribution is 0.501. The molecule has 2 rings (SSSR count). The summed E-state index contributed by atoms with van der Waals surface area (Å²) in [5.41, 5.74) is 0.131. The maximum absolute atomic E-state index is 13.5. The van der Waals surface area contributed by atoms with Crippen LogP contribution in [0.2, 0.25) is 4.34 Å². The van der Waals surface area contributed by atoms with Crippen LogP contribution >= 0.6 is 22.9 Å². The topological polar surface area (TPSA) is 12.0 Å². The van der Waals surface area contributed by atoms with E-state index in [1.165, 1.54) is 29.5 Å². The SMILES string of the molecule is CC(Cc1c(F)cccc1F)NCc1ccc(Cl)s1. The number of rotatable bonds is 5. The van der Waals surface area contributed by atoms with Crippen molar-refractivity contribution in [1.82, 2.24) is 5.32 Å². The summed E-state index contributed by atoms with van der Waals surface area (Å²) >= 11 is 7.34. The highest BCUT2D eigenvalue weighted by atomic mass is 35.5. The van der Waals surface area contributed by atoms with Gasteiger partial charge in [0.25, 0.3) is 0 Å². The van der Waals surface area contributed by atoms with Crippen molar-refractivity contribution in [2.45, 2.75) is 25.9 Å². The molecule has 0 saturated heterocycles. The number of nitrogens with one attached hydrogen (secondary N) is 1. The molecule has 0 aliphatic carbocycles. The lowest BCUT2D eigenvalue weighted by atomic mass is 10.1. The molecule has 1 atom stereocenters. The first-order valence-electron chi connectivity index (χ1n) is 5.96. The second-order valence-electron chi connectivity index (χ2n) is 4.39. The summed E-state index contributed by atoms with van der Waals surface area (Å²) in [6.45, 7) is 2.55. The van der Waals surface area contributed by atoms with E-state index in [0.29, 0.717) is 13.0 Å². The van der Waals surface area contributed by atoms with Crippen molar-refractivity contribution in [2.75, 3.05) is 0 Å². The van der Waals surface area contributed by atoms with E-state index in [1.807, 2.05) is 19.1 Å². The van der Waals surface area contributed by atoms with E-state index in [9.17, 15) is 8.78 Å². The molecule has 0 radical (unpaired) electrons. The van der Waals surface area contributed by atoms with Gasteiger partial charge in [-0.25, -0.2) is 8.78 Å². The molecule has 0 amide bonds. The summed E-state index contributed by atoms with van der Waals surface area (Å²) < 4.78 is 27.7. The first-order valence-corrected chi connectivity index (χ1v) is 7.16. The lowest BCUT2D eigenvalue weighted by Gasteiger charge is -2.14. The molecule has 0 saturated carbocycles. The minimum Gasteiger partial charge on any atom is -0.309 e. The van der Waals surface area contributed by atoms with Crippen LogP contribution in [0.1, 0.15) is 17.4 Å². The number of halogens is 3. The van der Waals surface area contributed by atoms with E-state index in [-0.39, 0.29) is 11.6 Å². The molecule has 1 N–H and O–H groups in total. The van der Waals surface area contributed by atoms with Crippen LogP contribution in [0.3, 0.4) is 0 Å². The molecule has 1 aromatic heterocycles. The van der Waals surface area contributed by atoms with Crippen LogP contribution in [0.5, 0.6) is 0 Å². The van der Waals surface area contributed by atoms with E-state index >= 15 is 0 Å². The quantitative estimate of drug-likeness (QED) is 0.863. The Morgan fingerprint density at radius 1 is 1.21 bits per heavy atom. The monoisotopic (exact) mass is 301 g/mol. The highest BCUT2D eigenvalue weighted by molar-refractivity contribution is 7.16. The average Bonchev–Trinajstić information content (AvgIpc) is 2.77. The predicted octanol–water partition coefficient (Wildman–Crippen LogP) is 4.40. The van der Waals surface area contributed by atoms with Crippen LogP contribution in [0.15, 0.2) is 30.3 Å². The normalized spacial score (nSPS) is 12.6. The van der Waals surface area contributed by atoms with Gasteiger partial charge in [0, 0.05) is 23.0 Å². The molecule has 1 unspecified atom stereocenters. The Morgan fingerprint density at radius 3 is 2.47 bits per heavy atom. The van der Waals surface area contributed by atoms with Gasteiger partial charge in [-0.05, 0) is 37.6 Å². The van der Waals surface area contributed by atoms with Crippen LogP contribution < -0.4 is 5.32 Å². The maximum Gasteiger partial charge on any atom is 0.129 e. The Balaban J connectivity index is 1.92. The number of thiophene rings is 1. The van der Waals surface area contributed by atoms with Crippen LogP contribution in [-0.4, -0.2) is 6.04 Å². The molecule has 0 aliphatic heterocycles. The maximum atomic E-state index is 13.5. The fourth-order valence-corrected chi connectivity index (χ4v) is 2.87. The average molecular weight is 302 g/mol. The summed E-state index contributed by atoms with van der Waals surface area (Å²) in [6, 6.07) is 7.70. The Bertz CT molecular complexity index is 536. The van der Waals surface area contributed by atoms with E-state index in [4.69, 9.17) is 11.6 Å². The van der Waals surface area contributed by atoms with Crippen molar-refractivity contribution >= 4 is 22.9 Å². The third kappa shape index (κ3) is 4.00. The van der Waals surface area contributed by atoms with E-state index in [0.717, 1.165) is 9.21 Å². The van der Waals surface area contributed by atoms with E-state index in [2.05, 4.69) is 5.32 Å². The van der Waals surface area contributed by atoms with Gasteiger partial charge in [-0.15, -0.1) is 11.3 Å². The predicted molar refractivity (Wildman–Crippen MR) is 75.7 cm³/mol. The Labute approximate surface area is 120 Å². The first-order chi connectivity index (χ1) is 9.06. The fourth-order valence-electron chi connectivity index (χ4n) is 1.83. The first kappa shape index (κ1) is 14.4. The van der Waals surface area contributed by atoms with Crippen molar-refractivity contribution < 1.29 is 8.78 Å². The second-order valence-corrected chi connectivity index (χ2v) is 6.19. The van der Waals surface area contributed by atoms with E-state index < -0.39 is 11.6 Å². The zero-order chi connectivity index (χ0) is 13.8. The van der Waals surface area contributed by atoms with Gasteiger partial charge in [-0.1, -0.05) is 17.7 Å². The largest absolute Gasteiger partial charge is 0.309 e. The van der Waals surface area contributed by atoms with Gasteiger partial charge in [0.15, 0.2) is 0 Å². The van der Waals surface area contributed by atoms with Crippen LogP contribution in [0.4, 0.5) is 8.78 Å². The van der Waals surface area contributed by atoms with Gasteiger partial charge >= 0.3 is 0 Å². The van der Waals surface area contributed by atoms with Gasteiger partial charge < -0.3 is 5.32 Å². The molecule has 0 bridgehead atoms. The van der Waals surface area contributed by atoms with Gasteiger partial charge in [-0.3, -0.25) is 0 Å². The van der Waals surface area contributed by atoms with Crippen LogP contribution in [-0.2, 0) is 13.0 Å². The summed E-state index contributed by atoms with van der Waals surface area (Å²) in [4.78, 5) is 1.10. The third-order valence-electron chi connectivity index (χ3n) is 2.83. The molecule has 102 valence electrons. The smallest absolute Gasteiger partial charge is 0.129 e. The second kappa shape index (κ2) is 6.46. The Morgan fingerprint density at radius 2 is 1.89 bits per heavy atom. The summed E-state index contributed by atoms with van der Waals surface area (Å²) in [6.07, 6.45) is 0.317. The minimum absolute atomic E-state index is 0.0210. The summed E-state index contributed by atoms with van der Waals surface area (Å²) in [7, 11) is 0. The van der Waals surface area contributed by atoms with Crippen molar-refractivity contribution in [2.24, 2.45) is 0 Å². The Kier molecular flexibility index (Phi) is 4.91. The minimum atomic E-state index is -0.493. The molecule has 1 aromatic carbocycles. The zero-order valence-corrected chi connectivity index (χ0v) is 12.0. The van der Waals surface area contributed by atoms with Gasteiger partial charge in [0.2, 0.25) is 0 Å². The molecule has 2 aromatic rings. The number of benzene rings is 1. The van der Waals surface area contributed by atoms with Gasteiger partial charge in [-0.2, -0.15) is 0 Å². The third-order valence-corrected chi connectivity index (χ3v) is 4.06. The number of hydrogen-bond donors (Lipinski definition) is 1. The molecule has 0 aliphatic rings. The Hall–Kier alpha value is -0.970. The lowest BCUT2D eigenvalue weighted by Crippen LogP contribution is -2.28. The fraction of sp³-hybridized carbons (Fsp3) is 0.286. The van der Waals surface area contributed by atoms with Crippen molar-refractivity contribution in [3.63, 3.8) is 0 Å².